The number of hydrogen-bond donors (Lipinski definition) is 0. The Balaban J connectivity index is 1.97. The summed E-state index contributed by atoms with van der Waals surface area (Å²) in [5.74, 6) is 0.181. The van der Waals surface area contributed by atoms with Gasteiger partial charge in [-0.3, -0.25) is 10.1 Å². The average Bonchev–Trinajstić information content (AvgIpc) is 2.86. The molecule has 0 radical (unpaired) electrons. The van der Waals surface area contributed by atoms with Crippen molar-refractivity contribution in [2.24, 2.45) is 0 Å². The molecular formula is C21H20Cl2N2O5. The van der Waals surface area contributed by atoms with Crippen LogP contribution in [0.2, 0.25) is 10.0 Å². The number of benzene rings is 2. The smallest absolute Gasteiger partial charge is 0.354 e. The second kappa shape index (κ2) is 6.68. The maximum absolute atomic E-state index is 11.7. The number of nitrogens with zero attached hydrogens (tertiary/aromatic N) is 2. The molecule has 2 aromatic rings. The SMILES string of the molecule is COc1c(Cl)c2c(c(OC)c1[N+](=O)[O-])C=CC1(O2)N(C)c2ccc(Cl)cc2C1(C)C. The standard InChI is InChI=1S/C21H20Cl2N2O5/c1-20(2)13-10-11(22)6-7-14(13)24(3)21(20)9-8-12-17(30-21)15(23)19(29-5)16(25(26)27)18(12)28-4/h6-10H,1-5H3. The van der Waals surface area contributed by atoms with Crippen molar-refractivity contribution < 1.29 is 19.1 Å². The molecule has 0 aliphatic carbocycles. The largest absolute Gasteiger partial charge is 0.490 e. The topological polar surface area (TPSA) is 74.1 Å². The molecule has 9 heteroatoms. The molecule has 2 aliphatic rings. The highest BCUT2D eigenvalue weighted by atomic mass is 35.5. The lowest BCUT2D eigenvalue weighted by Gasteiger charge is -2.46. The van der Waals surface area contributed by atoms with Crippen LogP contribution in [0.25, 0.3) is 6.08 Å². The predicted octanol–water partition coefficient (Wildman–Crippen LogP) is 5.45. The molecule has 0 aromatic heterocycles. The molecular weight excluding hydrogens is 431 g/mol. The molecule has 1 atom stereocenters. The van der Waals surface area contributed by atoms with Crippen molar-refractivity contribution in [1.29, 1.82) is 0 Å². The molecule has 0 saturated heterocycles. The minimum atomic E-state index is -0.942. The summed E-state index contributed by atoms with van der Waals surface area (Å²) in [6, 6.07) is 5.70. The van der Waals surface area contributed by atoms with Gasteiger partial charge in [-0.2, -0.15) is 0 Å². The van der Waals surface area contributed by atoms with Gasteiger partial charge in [-0.05, 0) is 49.8 Å². The van der Waals surface area contributed by atoms with E-state index < -0.39 is 16.1 Å². The van der Waals surface area contributed by atoms with Crippen LogP contribution in [0.3, 0.4) is 0 Å². The molecule has 158 valence electrons. The molecule has 7 nitrogen and oxygen atoms in total. The van der Waals surface area contributed by atoms with Gasteiger partial charge < -0.3 is 19.1 Å². The Morgan fingerprint density at radius 1 is 1.17 bits per heavy atom. The van der Waals surface area contributed by atoms with Crippen molar-refractivity contribution in [2.45, 2.75) is 25.0 Å². The molecule has 0 saturated carbocycles. The van der Waals surface area contributed by atoms with E-state index in [-0.39, 0.29) is 28.0 Å². The lowest BCUT2D eigenvalue weighted by Crippen LogP contribution is -2.58. The predicted molar refractivity (Wildman–Crippen MR) is 116 cm³/mol. The van der Waals surface area contributed by atoms with E-state index >= 15 is 0 Å². The van der Waals surface area contributed by atoms with Crippen LogP contribution in [0.15, 0.2) is 24.3 Å². The van der Waals surface area contributed by atoms with Gasteiger partial charge in [0.15, 0.2) is 5.75 Å². The fourth-order valence-corrected chi connectivity index (χ4v) is 4.94. The van der Waals surface area contributed by atoms with Crippen molar-refractivity contribution in [3.8, 4) is 17.2 Å². The zero-order valence-corrected chi connectivity index (χ0v) is 18.6. The highest BCUT2D eigenvalue weighted by Crippen LogP contribution is 2.59. The van der Waals surface area contributed by atoms with Gasteiger partial charge in [0.25, 0.3) is 0 Å². The number of likely N-dealkylation sites (N-methyl/N-ethyl adjacent to an activating group) is 1. The second-order valence-electron chi connectivity index (χ2n) is 7.71. The summed E-state index contributed by atoms with van der Waals surface area (Å²) in [4.78, 5) is 13.1. The van der Waals surface area contributed by atoms with Gasteiger partial charge in [-0.15, -0.1) is 0 Å². The van der Waals surface area contributed by atoms with Crippen molar-refractivity contribution in [3.63, 3.8) is 0 Å². The Labute approximate surface area is 183 Å². The van der Waals surface area contributed by atoms with Crippen molar-refractivity contribution in [1.82, 2.24) is 0 Å². The minimum Gasteiger partial charge on any atom is -0.490 e. The highest BCUT2D eigenvalue weighted by molar-refractivity contribution is 6.34. The van der Waals surface area contributed by atoms with Crippen LogP contribution in [-0.2, 0) is 5.41 Å². The molecule has 2 aliphatic heterocycles. The Morgan fingerprint density at radius 3 is 2.43 bits per heavy atom. The molecule has 2 aromatic carbocycles. The summed E-state index contributed by atoms with van der Waals surface area (Å²) in [5.41, 5.74) is 0.558. The van der Waals surface area contributed by atoms with E-state index in [1.807, 2.05) is 36.2 Å². The van der Waals surface area contributed by atoms with Crippen LogP contribution >= 0.6 is 23.2 Å². The summed E-state index contributed by atoms with van der Waals surface area (Å²) in [7, 11) is 4.60. The number of methoxy groups -OCH3 is 2. The van der Waals surface area contributed by atoms with E-state index in [2.05, 4.69) is 13.8 Å². The third-order valence-corrected chi connectivity index (χ3v) is 6.61. The van der Waals surface area contributed by atoms with Gasteiger partial charge >= 0.3 is 5.69 Å². The molecule has 30 heavy (non-hydrogen) atoms. The molecule has 0 N–H and O–H groups in total. The third kappa shape index (κ3) is 2.45. The summed E-state index contributed by atoms with van der Waals surface area (Å²) >= 11 is 12.8. The number of ether oxygens (including phenoxy) is 3. The van der Waals surface area contributed by atoms with Crippen LogP contribution in [0.4, 0.5) is 11.4 Å². The zero-order valence-electron chi connectivity index (χ0n) is 17.1. The Kier molecular flexibility index (Phi) is 4.60. The van der Waals surface area contributed by atoms with E-state index in [1.165, 1.54) is 14.2 Å². The Hall–Kier alpha value is -2.64. The Morgan fingerprint density at radius 2 is 1.83 bits per heavy atom. The van der Waals surface area contributed by atoms with Gasteiger partial charge in [0.1, 0.15) is 5.02 Å². The molecule has 2 heterocycles. The van der Waals surface area contributed by atoms with Crippen LogP contribution in [0.1, 0.15) is 25.0 Å². The highest BCUT2D eigenvalue weighted by Gasteiger charge is 2.58. The van der Waals surface area contributed by atoms with Gasteiger partial charge in [0, 0.05) is 17.8 Å². The van der Waals surface area contributed by atoms with Crippen LogP contribution in [0.5, 0.6) is 17.2 Å². The normalized spacial score (nSPS) is 20.6. The number of halogens is 2. The van der Waals surface area contributed by atoms with Gasteiger partial charge in [0.05, 0.1) is 30.1 Å². The average molecular weight is 451 g/mol. The molecule has 1 unspecified atom stereocenters. The van der Waals surface area contributed by atoms with Gasteiger partial charge in [0.2, 0.25) is 17.2 Å². The summed E-state index contributed by atoms with van der Waals surface area (Å²) in [5, 5.41) is 12.3. The van der Waals surface area contributed by atoms with E-state index in [1.54, 1.807) is 6.08 Å². The first-order valence-corrected chi connectivity index (χ1v) is 9.90. The number of nitro groups is 1. The zero-order chi connectivity index (χ0) is 22.0. The molecule has 0 fully saturated rings. The first-order chi connectivity index (χ1) is 14.1. The van der Waals surface area contributed by atoms with Crippen LogP contribution in [0, 0.1) is 10.1 Å². The van der Waals surface area contributed by atoms with E-state index in [0.717, 1.165) is 11.3 Å². The maximum atomic E-state index is 11.7. The summed E-state index contributed by atoms with van der Waals surface area (Å²) in [6.07, 6.45) is 3.63. The van der Waals surface area contributed by atoms with Crippen LogP contribution < -0.4 is 19.1 Å². The quantitative estimate of drug-likeness (QED) is 0.457. The third-order valence-electron chi connectivity index (χ3n) is 6.03. The van der Waals surface area contributed by atoms with Crippen molar-refractivity contribution >= 4 is 40.7 Å². The number of anilines is 1. The molecule has 0 amide bonds. The van der Waals surface area contributed by atoms with Gasteiger partial charge in [-0.25, -0.2) is 0 Å². The summed E-state index contributed by atoms with van der Waals surface area (Å²) < 4.78 is 17.2. The minimum absolute atomic E-state index is 0.0157. The lowest BCUT2D eigenvalue weighted by atomic mass is 9.76. The first-order valence-electron chi connectivity index (χ1n) is 9.14. The lowest BCUT2D eigenvalue weighted by molar-refractivity contribution is -0.386. The number of nitro benzene ring substituents is 1. The van der Waals surface area contributed by atoms with Crippen molar-refractivity contribution in [3.05, 3.63) is 55.6 Å². The van der Waals surface area contributed by atoms with E-state index in [0.29, 0.717) is 10.6 Å². The molecule has 4 rings (SSSR count). The number of hydrogen-bond acceptors (Lipinski definition) is 6. The molecule has 0 bridgehead atoms. The van der Waals surface area contributed by atoms with Crippen molar-refractivity contribution in [2.75, 3.05) is 26.2 Å². The van der Waals surface area contributed by atoms with E-state index in [9.17, 15) is 10.1 Å². The maximum Gasteiger partial charge on any atom is 0.354 e. The fraction of sp³-hybridized carbons (Fsp3) is 0.333. The second-order valence-corrected chi connectivity index (χ2v) is 8.52. The summed E-state index contributed by atoms with van der Waals surface area (Å²) in [6.45, 7) is 4.10. The Bertz CT molecular complexity index is 1120. The monoisotopic (exact) mass is 450 g/mol. The molecule has 1 spiro atoms. The van der Waals surface area contributed by atoms with Crippen LogP contribution in [-0.4, -0.2) is 31.9 Å². The number of fused-ring (bicyclic) bond motifs is 2. The van der Waals surface area contributed by atoms with Gasteiger partial charge in [-0.1, -0.05) is 23.2 Å². The van der Waals surface area contributed by atoms with E-state index in [4.69, 9.17) is 37.4 Å². The fourth-order valence-electron chi connectivity index (χ4n) is 4.46. The number of rotatable bonds is 3. The first kappa shape index (κ1) is 20.6.